The van der Waals surface area contributed by atoms with Gasteiger partial charge in [0.25, 0.3) is 5.91 Å². The molecule has 0 aliphatic heterocycles. The third kappa shape index (κ3) is 5.30. The number of oxime groups is 1. The van der Waals surface area contributed by atoms with Crippen molar-refractivity contribution in [3.8, 4) is 5.75 Å². The summed E-state index contributed by atoms with van der Waals surface area (Å²) in [6, 6.07) is 7.55. The minimum atomic E-state index is -0.177. The Hall–Kier alpha value is -2.04. The zero-order chi connectivity index (χ0) is 15.0. The van der Waals surface area contributed by atoms with Crippen molar-refractivity contribution in [2.45, 2.75) is 26.8 Å². The molecule has 1 atom stereocenters. The first-order valence-corrected chi connectivity index (χ1v) is 6.62. The number of nitrogens with zero attached hydrogens (tertiary/aromatic N) is 1. The smallest absolute Gasteiger partial charge is 0.260 e. The van der Waals surface area contributed by atoms with Crippen molar-refractivity contribution < 1.29 is 14.4 Å². The second-order valence-corrected chi connectivity index (χ2v) is 4.85. The Balaban J connectivity index is 2.40. The molecule has 0 fully saturated rings. The number of benzene rings is 1. The molecule has 20 heavy (non-hydrogen) atoms. The van der Waals surface area contributed by atoms with Crippen molar-refractivity contribution in [3.63, 3.8) is 0 Å². The van der Waals surface area contributed by atoms with Gasteiger partial charge in [-0.25, -0.2) is 0 Å². The van der Waals surface area contributed by atoms with Crippen molar-refractivity contribution in [1.29, 1.82) is 0 Å². The molecule has 0 aliphatic carbocycles. The van der Waals surface area contributed by atoms with E-state index in [0.717, 1.165) is 5.56 Å². The highest BCUT2D eigenvalue weighted by Crippen LogP contribution is 2.14. The van der Waals surface area contributed by atoms with Crippen LogP contribution in [-0.2, 0) is 9.63 Å². The van der Waals surface area contributed by atoms with Crippen LogP contribution in [0.25, 0.3) is 0 Å². The van der Waals surface area contributed by atoms with E-state index in [1.807, 2.05) is 45.0 Å². The molecule has 0 heterocycles. The van der Waals surface area contributed by atoms with E-state index in [1.165, 1.54) is 6.21 Å². The molecule has 0 unspecified atom stereocenters. The molecule has 0 bridgehead atoms. The Bertz CT molecular complexity index is 458. The van der Waals surface area contributed by atoms with Gasteiger partial charge in [0, 0.05) is 11.6 Å². The average Bonchev–Trinajstić information content (AvgIpc) is 2.43. The van der Waals surface area contributed by atoms with Gasteiger partial charge in [-0.3, -0.25) is 4.79 Å². The number of hydrogen-bond donors (Lipinski definition) is 1. The lowest BCUT2D eigenvalue weighted by Gasteiger charge is -2.16. The number of nitrogens with one attached hydrogen (secondary N) is 1. The average molecular weight is 278 g/mol. The van der Waals surface area contributed by atoms with Gasteiger partial charge in [-0.2, -0.15) is 0 Å². The molecular formula is C15H22N2O3. The van der Waals surface area contributed by atoms with Crippen LogP contribution in [0, 0.1) is 5.92 Å². The lowest BCUT2D eigenvalue weighted by atomic mass is 10.1. The van der Waals surface area contributed by atoms with Crippen molar-refractivity contribution in [2.24, 2.45) is 11.1 Å². The third-order valence-corrected chi connectivity index (χ3v) is 2.99. The van der Waals surface area contributed by atoms with Crippen LogP contribution in [0.15, 0.2) is 29.4 Å². The van der Waals surface area contributed by atoms with Gasteiger partial charge in [-0.1, -0.05) is 31.1 Å². The molecule has 1 amide bonds. The quantitative estimate of drug-likeness (QED) is 0.614. The first-order chi connectivity index (χ1) is 9.54. The molecule has 5 nitrogen and oxygen atoms in total. The molecule has 1 aromatic rings. The van der Waals surface area contributed by atoms with E-state index >= 15 is 0 Å². The fourth-order valence-electron chi connectivity index (χ4n) is 1.43. The van der Waals surface area contributed by atoms with Crippen LogP contribution >= 0.6 is 0 Å². The molecule has 0 radical (unpaired) electrons. The van der Waals surface area contributed by atoms with E-state index in [1.54, 1.807) is 7.11 Å². The highest BCUT2D eigenvalue weighted by atomic mass is 16.6. The van der Waals surface area contributed by atoms with Gasteiger partial charge in [-0.05, 0) is 25.0 Å². The van der Waals surface area contributed by atoms with Gasteiger partial charge in [0.05, 0.1) is 13.3 Å². The van der Waals surface area contributed by atoms with Gasteiger partial charge in [0.1, 0.15) is 5.75 Å². The zero-order valence-corrected chi connectivity index (χ0v) is 12.4. The fourth-order valence-corrected chi connectivity index (χ4v) is 1.43. The van der Waals surface area contributed by atoms with E-state index in [9.17, 15) is 4.79 Å². The van der Waals surface area contributed by atoms with Gasteiger partial charge in [-0.15, -0.1) is 0 Å². The second-order valence-electron chi connectivity index (χ2n) is 4.85. The van der Waals surface area contributed by atoms with Crippen molar-refractivity contribution in [3.05, 3.63) is 29.8 Å². The first-order valence-electron chi connectivity index (χ1n) is 6.62. The SMILES string of the molecule is COc1ccccc1/C=N\OCC(=O)N[C@@H](C)C(C)C. The highest BCUT2D eigenvalue weighted by Gasteiger charge is 2.10. The first kappa shape index (κ1) is 16.0. The van der Waals surface area contributed by atoms with Crippen LogP contribution in [-0.4, -0.2) is 31.9 Å². The normalized spacial score (nSPS) is 12.4. The molecule has 1 N–H and O–H groups in total. The van der Waals surface area contributed by atoms with E-state index in [-0.39, 0.29) is 18.6 Å². The summed E-state index contributed by atoms with van der Waals surface area (Å²) >= 11 is 0. The van der Waals surface area contributed by atoms with Gasteiger partial charge >= 0.3 is 0 Å². The van der Waals surface area contributed by atoms with Crippen molar-refractivity contribution >= 4 is 12.1 Å². The maximum Gasteiger partial charge on any atom is 0.260 e. The molecule has 0 saturated heterocycles. The minimum Gasteiger partial charge on any atom is -0.496 e. The summed E-state index contributed by atoms with van der Waals surface area (Å²) in [5.74, 6) is 0.914. The number of methoxy groups -OCH3 is 1. The minimum absolute atomic E-state index is 0.0945. The Morgan fingerprint density at radius 3 is 2.70 bits per heavy atom. The van der Waals surface area contributed by atoms with Crippen molar-refractivity contribution in [2.75, 3.05) is 13.7 Å². The van der Waals surface area contributed by atoms with Crippen LogP contribution in [0.2, 0.25) is 0 Å². The predicted molar refractivity (Wildman–Crippen MR) is 79.0 cm³/mol. The molecule has 1 rings (SSSR count). The molecular weight excluding hydrogens is 256 g/mol. The lowest BCUT2D eigenvalue weighted by molar-refractivity contribution is -0.126. The second kappa shape index (κ2) is 8.19. The molecule has 5 heteroatoms. The van der Waals surface area contributed by atoms with Gasteiger partial charge in [0.2, 0.25) is 0 Å². The van der Waals surface area contributed by atoms with Crippen LogP contribution in [0.5, 0.6) is 5.75 Å². The number of amides is 1. The molecule has 0 saturated carbocycles. The number of carbonyl (C=O) groups is 1. The fraction of sp³-hybridized carbons (Fsp3) is 0.467. The summed E-state index contributed by atoms with van der Waals surface area (Å²) < 4.78 is 5.18. The molecule has 110 valence electrons. The molecule has 0 aliphatic rings. The summed E-state index contributed by atoms with van der Waals surface area (Å²) in [5.41, 5.74) is 0.797. The Labute approximate surface area is 120 Å². The summed E-state index contributed by atoms with van der Waals surface area (Å²) in [5, 5.41) is 6.61. The predicted octanol–water partition coefficient (Wildman–Crippen LogP) is 2.21. The van der Waals surface area contributed by atoms with Crippen LogP contribution in [0.4, 0.5) is 0 Å². The standard InChI is InChI=1S/C15H22N2O3/c1-11(2)12(3)17-15(18)10-20-16-9-13-7-5-6-8-14(13)19-4/h5-9,11-12H,10H2,1-4H3,(H,17,18)/b16-9-/t12-/m0/s1. The van der Waals surface area contributed by atoms with E-state index < -0.39 is 0 Å². The largest absolute Gasteiger partial charge is 0.496 e. The highest BCUT2D eigenvalue weighted by molar-refractivity contribution is 5.83. The van der Waals surface area contributed by atoms with Gasteiger partial charge < -0.3 is 14.9 Å². The number of hydrogen-bond acceptors (Lipinski definition) is 4. The monoisotopic (exact) mass is 278 g/mol. The Morgan fingerprint density at radius 2 is 2.05 bits per heavy atom. The lowest BCUT2D eigenvalue weighted by Crippen LogP contribution is -2.38. The van der Waals surface area contributed by atoms with Crippen molar-refractivity contribution in [1.82, 2.24) is 5.32 Å². The molecule has 1 aromatic carbocycles. The molecule has 0 aromatic heterocycles. The maximum absolute atomic E-state index is 11.6. The Kier molecular flexibility index (Phi) is 6.56. The number of rotatable bonds is 7. The topological polar surface area (TPSA) is 59.9 Å². The third-order valence-electron chi connectivity index (χ3n) is 2.99. The zero-order valence-electron chi connectivity index (χ0n) is 12.4. The van der Waals surface area contributed by atoms with Crippen LogP contribution < -0.4 is 10.1 Å². The Morgan fingerprint density at radius 1 is 1.35 bits per heavy atom. The number of carbonyl (C=O) groups excluding carboxylic acids is 1. The van der Waals surface area contributed by atoms with Crippen LogP contribution in [0.3, 0.4) is 0 Å². The summed E-state index contributed by atoms with van der Waals surface area (Å²) in [7, 11) is 1.59. The molecule has 0 spiro atoms. The van der Waals surface area contributed by atoms with E-state index in [0.29, 0.717) is 11.7 Å². The summed E-state index contributed by atoms with van der Waals surface area (Å²) in [4.78, 5) is 16.5. The van der Waals surface area contributed by atoms with E-state index in [4.69, 9.17) is 9.57 Å². The number of para-hydroxylation sites is 1. The maximum atomic E-state index is 11.6. The summed E-state index contributed by atoms with van der Waals surface area (Å²) in [6.45, 7) is 5.96. The van der Waals surface area contributed by atoms with Crippen LogP contribution in [0.1, 0.15) is 26.3 Å². The summed E-state index contributed by atoms with van der Waals surface area (Å²) in [6.07, 6.45) is 1.53. The van der Waals surface area contributed by atoms with Gasteiger partial charge in [0.15, 0.2) is 6.61 Å². The van der Waals surface area contributed by atoms with E-state index in [2.05, 4.69) is 10.5 Å². The number of ether oxygens (including phenoxy) is 1.